The standard InChI is InChI=1S/C11H8N2O/c12-11(14)9-5-7-2-1-6-3-4-8(6)10(7)13-9/h1-5,13H,(H2,12,14). The largest absolute Gasteiger partial charge is 0.364 e. The molecular formula is C11H8N2O. The van der Waals surface area contributed by atoms with Crippen molar-refractivity contribution in [3.8, 4) is 0 Å². The summed E-state index contributed by atoms with van der Waals surface area (Å²) in [6.07, 6.45) is 4.07. The second kappa shape index (κ2) is 2.26. The van der Waals surface area contributed by atoms with E-state index in [0.29, 0.717) is 5.69 Å². The van der Waals surface area contributed by atoms with Crippen LogP contribution < -0.4 is 5.73 Å². The van der Waals surface area contributed by atoms with Crippen LogP contribution in [-0.2, 0) is 0 Å². The molecule has 0 radical (unpaired) electrons. The number of fused-ring (bicyclic) bond motifs is 3. The third-order valence-corrected chi connectivity index (χ3v) is 2.57. The summed E-state index contributed by atoms with van der Waals surface area (Å²) in [6.45, 7) is 0. The molecule has 68 valence electrons. The van der Waals surface area contributed by atoms with E-state index in [1.165, 1.54) is 5.56 Å². The zero-order valence-corrected chi connectivity index (χ0v) is 7.37. The van der Waals surface area contributed by atoms with Crippen LogP contribution in [0.3, 0.4) is 0 Å². The molecule has 3 heteroatoms. The van der Waals surface area contributed by atoms with Gasteiger partial charge in [-0.15, -0.1) is 0 Å². The molecule has 1 heterocycles. The fourth-order valence-electron chi connectivity index (χ4n) is 1.77. The molecule has 1 aliphatic rings. The van der Waals surface area contributed by atoms with Gasteiger partial charge in [0, 0.05) is 10.9 Å². The van der Waals surface area contributed by atoms with E-state index in [0.717, 1.165) is 16.5 Å². The summed E-state index contributed by atoms with van der Waals surface area (Å²) in [6, 6.07) is 5.81. The second-order valence-electron chi connectivity index (χ2n) is 3.41. The summed E-state index contributed by atoms with van der Waals surface area (Å²) in [4.78, 5) is 14.0. The summed E-state index contributed by atoms with van der Waals surface area (Å²) < 4.78 is 0. The molecule has 2 aromatic rings. The van der Waals surface area contributed by atoms with E-state index in [1.54, 1.807) is 6.07 Å². The van der Waals surface area contributed by atoms with Gasteiger partial charge in [-0.25, -0.2) is 0 Å². The molecule has 3 nitrogen and oxygen atoms in total. The quantitative estimate of drug-likeness (QED) is 0.594. The van der Waals surface area contributed by atoms with Gasteiger partial charge >= 0.3 is 0 Å². The van der Waals surface area contributed by atoms with Crippen LogP contribution in [0, 0.1) is 0 Å². The molecule has 0 spiro atoms. The molecule has 1 aliphatic carbocycles. The average molecular weight is 184 g/mol. The summed E-state index contributed by atoms with van der Waals surface area (Å²) >= 11 is 0. The Kier molecular flexibility index (Phi) is 1.19. The van der Waals surface area contributed by atoms with Gasteiger partial charge in [0.25, 0.3) is 5.91 Å². The predicted octanol–water partition coefficient (Wildman–Crippen LogP) is 1.75. The first-order valence-corrected chi connectivity index (χ1v) is 4.39. The fourth-order valence-corrected chi connectivity index (χ4v) is 1.77. The van der Waals surface area contributed by atoms with Gasteiger partial charge in [0.15, 0.2) is 0 Å². The molecule has 0 fully saturated rings. The van der Waals surface area contributed by atoms with Gasteiger partial charge < -0.3 is 10.7 Å². The highest BCUT2D eigenvalue weighted by Crippen LogP contribution is 2.31. The average Bonchev–Trinajstić information content (AvgIpc) is 2.47. The van der Waals surface area contributed by atoms with Crippen molar-refractivity contribution in [2.75, 3.05) is 0 Å². The van der Waals surface area contributed by atoms with Crippen LogP contribution in [-0.4, -0.2) is 10.9 Å². The number of rotatable bonds is 1. The number of H-pyrrole nitrogens is 1. The van der Waals surface area contributed by atoms with Crippen molar-refractivity contribution < 1.29 is 4.79 Å². The molecule has 0 aliphatic heterocycles. The molecule has 3 N–H and O–H groups in total. The normalized spacial score (nSPS) is 12.6. The number of hydrogen-bond acceptors (Lipinski definition) is 1. The molecule has 14 heavy (non-hydrogen) atoms. The van der Waals surface area contributed by atoms with E-state index in [9.17, 15) is 4.79 Å². The highest BCUT2D eigenvalue weighted by Gasteiger charge is 2.13. The van der Waals surface area contributed by atoms with Gasteiger partial charge in [-0.3, -0.25) is 4.79 Å². The Morgan fingerprint density at radius 3 is 2.79 bits per heavy atom. The molecular weight excluding hydrogens is 176 g/mol. The lowest BCUT2D eigenvalue weighted by molar-refractivity contribution is 0.0996. The lowest BCUT2D eigenvalue weighted by Gasteiger charge is -2.10. The number of carbonyl (C=O) groups excluding carboxylic acids is 1. The molecule has 0 unspecified atom stereocenters. The highest BCUT2D eigenvalue weighted by atomic mass is 16.1. The van der Waals surface area contributed by atoms with Gasteiger partial charge in [-0.2, -0.15) is 0 Å². The van der Waals surface area contributed by atoms with Crippen LogP contribution in [0.5, 0.6) is 0 Å². The van der Waals surface area contributed by atoms with E-state index in [1.807, 2.05) is 24.3 Å². The van der Waals surface area contributed by atoms with E-state index in [4.69, 9.17) is 5.73 Å². The maximum Gasteiger partial charge on any atom is 0.265 e. The monoisotopic (exact) mass is 184 g/mol. The van der Waals surface area contributed by atoms with Crippen molar-refractivity contribution in [1.29, 1.82) is 0 Å². The Hall–Kier alpha value is -2.03. The minimum absolute atomic E-state index is 0.418. The Balaban J connectivity index is 2.36. The number of hydrogen-bond donors (Lipinski definition) is 2. The van der Waals surface area contributed by atoms with Gasteiger partial charge in [-0.05, 0) is 11.6 Å². The molecule has 0 saturated heterocycles. The maximum absolute atomic E-state index is 11.0. The van der Waals surface area contributed by atoms with Crippen molar-refractivity contribution in [2.24, 2.45) is 5.73 Å². The Morgan fingerprint density at radius 1 is 1.29 bits per heavy atom. The van der Waals surface area contributed by atoms with Crippen LogP contribution in [0.4, 0.5) is 0 Å². The number of nitrogens with one attached hydrogen (secondary N) is 1. The zero-order chi connectivity index (χ0) is 9.71. The SMILES string of the molecule is NC(=O)c1cc2ccc3c(c2[nH]1)C=C3. The van der Waals surface area contributed by atoms with E-state index in [-0.39, 0.29) is 0 Å². The summed E-state index contributed by atoms with van der Waals surface area (Å²) in [7, 11) is 0. The molecule has 0 saturated carbocycles. The summed E-state index contributed by atoms with van der Waals surface area (Å²) in [5.41, 5.74) is 9.03. The van der Waals surface area contributed by atoms with Gasteiger partial charge in [0.1, 0.15) is 5.69 Å². The molecule has 1 aromatic heterocycles. The number of carbonyl (C=O) groups is 1. The van der Waals surface area contributed by atoms with Crippen LogP contribution in [0.15, 0.2) is 18.2 Å². The summed E-state index contributed by atoms with van der Waals surface area (Å²) in [5, 5.41) is 1.03. The zero-order valence-electron chi connectivity index (χ0n) is 7.37. The lowest BCUT2D eigenvalue weighted by atomic mass is 9.96. The molecule has 3 rings (SSSR count). The second-order valence-corrected chi connectivity index (χ2v) is 3.41. The first-order chi connectivity index (χ1) is 6.75. The minimum Gasteiger partial charge on any atom is -0.364 e. The molecule has 1 aromatic carbocycles. The van der Waals surface area contributed by atoms with Crippen LogP contribution in [0.1, 0.15) is 21.6 Å². The van der Waals surface area contributed by atoms with Gasteiger partial charge in [0.05, 0.1) is 5.52 Å². The topological polar surface area (TPSA) is 58.9 Å². The van der Waals surface area contributed by atoms with Gasteiger partial charge in [0.2, 0.25) is 0 Å². The van der Waals surface area contributed by atoms with Crippen molar-refractivity contribution in [3.05, 3.63) is 35.0 Å². The van der Waals surface area contributed by atoms with E-state index < -0.39 is 5.91 Å². The third kappa shape index (κ3) is 0.785. The van der Waals surface area contributed by atoms with Crippen molar-refractivity contribution in [2.45, 2.75) is 0 Å². The van der Waals surface area contributed by atoms with E-state index in [2.05, 4.69) is 4.98 Å². The Labute approximate surface area is 80.2 Å². The number of aromatic nitrogens is 1. The number of nitrogens with two attached hydrogens (primary N) is 1. The van der Waals surface area contributed by atoms with Crippen LogP contribution in [0.25, 0.3) is 23.1 Å². The first-order valence-electron chi connectivity index (χ1n) is 4.39. The van der Waals surface area contributed by atoms with Crippen LogP contribution in [0.2, 0.25) is 0 Å². The van der Waals surface area contributed by atoms with Crippen molar-refractivity contribution in [3.63, 3.8) is 0 Å². The lowest BCUT2D eigenvalue weighted by Crippen LogP contribution is -2.10. The Bertz CT molecular complexity index is 578. The highest BCUT2D eigenvalue weighted by molar-refractivity contribution is 6.04. The number of primary amides is 1. The fraction of sp³-hybridized carbons (Fsp3) is 0. The van der Waals surface area contributed by atoms with Crippen molar-refractivity contribution in [1.82, 2.24) is 4.98 Å². The number of aromatic amines is 1. The third-order valence-electron chi connectivity index (χ3n) is 2.57. The maximum atomic E-state index is 11.0. The number of benzene rings is 1. The predicted molar refractivity (Wildman–Crippen MR) is 55.7 cm³/mol. The molecule has 1 amide bonds. The summed E-state index contributed by atoms with van der Waals surface area (Å²) in [5.74, 6) is -0.418. The number of amides is 1. The molecule has 0 bridgehead atoms. The molecule has 0 atom stereocenters. The van der Waals surface area contributed by atoms with E-state index >= 15 is 0 Å². The van der Waals surface area contributed by atoms with Gasteiger partial charge in [-0.1, -0.05) is 24.3 Å². The van der Waals surface area contributed by atoms with Crippen LogP contribution >= 0.6 is 0 Å². The van der Waals surface area contributed by atoms with Crippen molar-refractivity contribution >= 4 is 29.0 Å². The first kappa shape index (κ1) is 7.38. The Morgan fingerprint density at radius 2 is 2.14 bits per heavy atom. The minimum atomic E-state index is -0.418. The smallest absolute Gasteiger partial charge is 0.265 e.